The highest BCUT2D eigenvalue weighted by molar-refractivity contribution is 5.84. The van der Waals surface area contributed by atoms with Gasteiger partial charge in [0.05, 0.1) is 6.04 Å². The van der Waals surface area contributed by atoms with Crippen molar-refractivity contribution in [2.24, 2.45) is 5.92 Å². The van der Waals surface area contributed by atoms with Gasteiger partial charge in [0.1, 0.15) is 6.10 Å². The molecule has 0 saturated carbocycles. The Hall–Kier alpha value is -2.40. The van der Waals surface area contributed by atoms with Gasteiger partial charge in [0.2, 0.25) is 0 Å². The molecule has 2 atom stereocenters. The van der Waals surface area contributed by atoms with E-state index < -0.39 is 0 Å². The van der Waals surface area contributed by atoms with Crippen molar-refractivity contribution in [1.82, 2.24) is 9.88 Å². The summed E-state index contributed by atoms with van der Waals surface area (Å²) in [7, 11) is 0. The lowest BCUT2D eigenvalue weighted by Crippen LogP contribution is -2.60. The number of hydrogen-bond acceptors (Lipinski definition) is 4. The fourth-order valence-corrected chi connectivity index (χ4v) is 4.07. The summed E-state index contributed by atoms with van der Waals surface area (Å²) in [5, 5.41) is 2.84. The molecule has 3 aliphatic heterocycles. The maximum atomic E-state index is 12.4. The molecular weight excluding hydrogens is 314 g/mol. The number of carbonyl (C=O) groups is 1. The van der Waals surface area contributed by atoms with Gasteiger partial charge in [-0.15, -0.1) is 0 Å². The van der Waals surface area contributed by atoms with E-state index in [9.17, 15) is 4.79 Å². The first-order valence-corrected chi connectivity index (χ1v) is 8.95. The molecule has 0 spiro atoms. The van der Waals surface area contributed by atoms with Crippen molar-refractivity contribution in [1.29, 1.82) is 0 Å². The van der Waals surface area contributed by atoms with Crippen LogP contribution in [-0.4, -0.2) is 41.2 Å². The quantitative estimate of drug-likeness (QED) is 0.930. The summed E-state index contributed by atoms with van der Waals surface area (Å²) in [6, 6.07) is 13.7. The first kappa shape index (κ1) is 16.1. The van der Waals surface area contributed by atoms with Crippen LogP contribution in [0.15, 0.2) is 54.9 Å². The zero-order chi connectivity index (χ0) is 17.1. The lowest BCUT2D eigenvalue weighted by atomic mass is 9.78. The minimum atomic E-state index is -0.360. The highest BCUT2D eigenvalue weighted by atomic mass is 16.6. The predicted molar refractivity (Wildman–Crippen MR) is 96.4 cm³/mol. The second-order valence-electron chi connectivity index (χ2n) is 6.87. The third-order valence-corrected chi connectivity index (χ3v) is 5.32. The summed E-state index contributed by atoms with van der Waals surface area (Å²) in [4.78, 5) is 19.1. The number of pyridine rings is 1. The van der Waals surface area contributed by atoms with Crippen LogP contribution < -0.4 is 5.32 Å². The van der Waals surface area contributed by atoms with E-state index in [4.69, 9.17) is 4.74 Å². The number of piperidine rings is 3. The van der Waals surface area contributed by atoms with Gasteiger partial charge in [-0.2, -0.15) is 0 Å². The largest absolute Gasteiger partial charge is 0.444 e. The zero-order valence-corrected chi connectivity index (χ0v) is 14.2. The SMILES string of the molecule is O=C(Nc1ccccc1)O[C@H]1C2CCN(CC2)[C@@H]1Cc1cccnc1. The molecule has 0 radical (unpaired) electrons. The Labute approximate surface area is 148 Å². The molecule has 5 nitrogen and oxygen atoms in total. The predicted octanol–water partition coefficient (Wildman–Crippen LogP) is 3.34. The van der Waals surface area contributed by atoms with Gasteiger partial charge in [-0.25, -0.2) is 4.79 Å². The lowest BCUT2D eigenvalue weighted by molar-refractivity contribution is -0.0741. The van der Waals surface area contributed by atoms with Crippen molar-refractivity contribution in [2.75, 3.05) is 18.4 Å². The summed E-state index contributed by atoms with van der Waals surface area (Å²) in [5.41, 5.74) is 1.95. The van der Waals surface area contributed by atoms with Crippen molar-refractivity contribution in [2.45, 2.75) is 31.4 Å². The molecule has 1 aromatic heterocycles. The van der Waals surface area contributed by atoms with E-state index in [1.54, 1.807) is 6.20 Å². The topological polar surface area (TPSA) is 54.5 Å². The summed E-state index contributed by atoms with van der Waals surface area (Å²) >= 11 is 0. The molecule has 25 heavy (non-hydrogen) atoms. The van der Waals surface area contributed by atoms with Gasteiger partial charge in [-0.3, -0.25) is 15.2 Å². The number of fused-ring (bicyclic) bond motifs is 3. The van der Waals surface area contributed by atoms with Crippen LogP contribution in [0.2, 0.25) is 0 Å². The smallest absolute Gasteiger partial charge is 0.411 e. The third-order valence-electron chi connectivity index (χ3n) is 5.32. The van der Waals surface area contributed by atoms with E-state index in [0.29, 0.717) is 5.92 Å². The van der Waals surface area contributed by atoms with Crippen LogP contribution in [0.4, 0.5) is 10.5 Å². The number of benzene rings is 1. The van der Waals surface area contributed by atoms with E-state index in [2.05, 4.69) is 21.3 Å². The molecule has 3 aliphatic rings. The zero-order valence-electron chi connectivity index (χ0n) is 14.2. The average Bonchev–Trinajstić information content (AvgIpc) is 2.66. The molecule has 4 heterocycles. The van der Waals surface area contributed by atoms with Crippen molar-refractivity contribution < 1.29 is 9.53 Å². The molecule has 3 saturated heterocycles. The van der Waals surface area contributed by atoms with Crippen LogP contribution in [0.3, 0.4) is 0 Å². The number of aromatic nitrogens is 1. The molecule has 1 N–H and O–H groups in total. The van der Waals surface area contributed by atoms with Crippen LogP contribution in [0, 0.1) is 5.92 Å². The summed E-state index contributed by atoms with van der Waals surface area (Å²) < 4.78 is 5.90. The monoisotopic (exact) mass is 337 g/mol. The van der Waals surface area contributed by atoms with Gasteiger partial charge in [-0.1, -0.05) is 24.3 Å². The van der Waals surface area contributed by atoms with Crippen molar-refractivity contribution in [3.8, 4) is 0 Å². The van der Waals surface area contributed by atoms with Gasteiger partial charge in [0, 0.05) is 24.0 Å². The summed E-state index contributed by atoms with van der Waals surface area (Å²) in [5.74, 6) is 0.452. The molecule has 0 aliphatic carbocycles. The van der Waals surface area contributed by atoms with Gasteiger partial charge in [0.15, 0.2) is 0 Å². The molecule has 1 aromatic carbocycles. The standard InChI is InChI=1S/C20H23N3O2/c24-20(22-17-6-2-1-3-7-17)25-19-16-8-11-23(12-9-16)18(19)13-15-5-4-10-21-14-15/h1-7,10,14,16,18-19H,8-9,11-13H2,(H,22,24)/t18-,19+/m1/s1. The normalized spacial score (nSPS) is 27.7. The maximum absolute atomic E-state index is 12.4. The van der Waals surface area contributed by atoms with Gasteiger partial charge >= 0.3 is 6.09 Å². The molecule has 130 valence electrons. The van der Waals surface area contributed by atoms with Gasteiger partial charge in [0.25, 0.3) is 0 Å². The highest BCUT2D eigenvalue weighted by Crippen LogP contribution is 2.36. The number of hydrogen-bond donors (Lipinski definition) is 1. The molecule has 0 unspecified atom stereocenters. The number of para-hydroxylation sites is 1. The number of nitrogens with one attached hydrogen (secondary N) is 1. The Kier molecular flexibility index (Phi) is 4.65. The fraction of sp³-hybridized carbons (Fsp3) is 0.400. The Bertz CT molecular complexity index is 699. The fourth-order valence-electron chi connectivity index (χ4n) is 4.07. The number of carbonyl (C=O) groups excluding carboxylic acids is 1. The number of anilines is 1. The Morgan fingerprint density at radius 1 is 1.16 bits per heavy atom. The lowest BCUT2D eigenvalue weighted by Gasteiger charge is -2.50. The molecule has 1 amide bonds. The molecular formula is C20H23N3O2. The molecule has 5 heteroatoms. The van der Waals surface area contributed by atoms with Crippen molar-refractivity contribution in [3.63, 3.8) is 0 Å². The molecule has 2 aromatic rings. The summed E-state index contributed by atoms with van der Waals surface area (Å²) in [6.07, 6.45) is 6.35. The van der Waals surface area contributed by atoms with E-state index in [1.165, 1.54) is 5.56 Å². The van der Waals surface area contributed by atoms with Crippen LogP contribution in [0.1, 0.15) is 18.4 Å². The van der Waals surface area contributed by atoms with Crippen molar-refractivity contribution >= 4 is 11.8 Å². The second kappa shape index (κ2) is 7.23. The molecule has 5 rings (SSSR count). The minimum absolute atomic E-state index is 0.0635. The summed E-state index contributed by atoms with van der Waals surface area (Å²) in [6.45, 7) is 2.19. The van der Waals surface area contributed by atoms with Gasteiger partial charge in [-0.05, 0) is 56.1 Å². The Morgan fingerprint density at radius 3 is 2.68 bits per heavy atom. The van der Waals surface area contributed by atoms with E-state index in [0.717, 1.165) is 38.0 Å². The molecule has 3 fully saturated rings. The van der Waals surface area contributed by atoms with Crippen LogP contribution in [0.25, 0.3) is 0 Å². The van der Waals surface area contributed by atoms with Crippen LogP contribution >= 0.6 is 0 Å². The van der Waals surface area contributed by atoms with E-state index >= 15 is 0 Å². The minimum Gasteiger partial charge on any atom is -0.444 e. The Balaban J connectivity index is 1.46. The van der Waals surface area contributed by atoms with E-state index in [-0.39, 0.29) is 18.2 Å². The molecule has 2 bridgehead atoms. The number of ether oxygens (including phenoxy) is 1. The highest BCUT2D eigenvalue weighted by Gasteiger charge is 2.44. The second-order valence-corrected chi connectivity index (χ2v) is 6.87. The van der Waals surface area contributed by atoms with Crippen LogP contribution in [-0.2, 0) is 11.2 Å². The average molecular weight is 337 g/mol. The van der Waals surface area contributed by atoms with Crippen LogP contribution in [0.5, 0.6) is 0 Å². The number of nitrogens with zero attached hydrogens (tertiary/aromatic N) is 2. The first-order valence-electron chi connectivity index (χ1n) is 8.95. The van der Waals surface area contributed by atoms with E-state index in [1.807, 2.05) is 42.6 Å². The van der Waals surface area contributed by atoms with Crippen molar-refractivity contribution in [3.05, 3.63) is 60.4 Å². The number of amides is 1. The number of rotatable bonds is 4. The van der Waals surface area contributed by atoms with Gasteiger partial charge < -0.3 is 4.74 Å². The third kappa shape index (κ3) is 3.66. The Morgan fingerprint density at radius 2 is 1.96 bits per heavy atom. The first-order chi connectivity index (χ1) is 12.3. The maximum Gasteiger partial charge on any atom is 0.411 e.